The van der Waals surface area contributed by atoms with Crippen LogP contribution in [0.4, 0.5) is 0 Å². The Labute approximate surface area is 137 Å². The van der Waals surface area contributed by atoms with Gasteiger partial charge >= 0.3 is 0 Å². The van der Waals surface area contributed by atoms with E-state index in [2.05, 4.69) is 5.32 Å². The highest BCUT2D eigenvalue weighted by molar-refractivity contribution is 5.40. The van der Waals surface area contributed by atoms with Crippen molar-refractivity contribution >= 4 is 0 Å². The van der Waals surface area contributed by atoms with Crippen LogP contribution >= 0.6 is 0 Å². The van der Waals surface area contributed by atoms with Crippen LogP contribution < -0.4 is 14.8 Å². The number of benzene rings is 1. The van der Waals surface area contributed by atoms with E-state index in [4.69, 9.17) is 13.9 Å². The first-order valence-electron chi connectivity index (χ1n) is 7.59. The van der Waals surface area contributed by atoms with Crippen molar-refractivity contribution in [2.75, 3.05) is 20.8 Å². The summed E-state index contributed by atoms with van der Waals surface area (Å²) in [6.07, 6.45) is 0. The fourth-order valence-electron chi connectivity index (χ4n) is 2.72. The van der Waals surface area contributed by atoms with E-state index in [-0.39, 0.29) is 0 Å². The van der Waals surface area contributed by atoms with Crippen LogP contribution in [0.3, 0.4) is 0 Å². The molecule has 5 heteroatoms. The van der Waals surface area contributed by atoms with Gasteiger partial charge < -0.3 is 24.3 Å². The van der Waals surface area contributed by atoms with Gasteiger partial charge in [-0.3, -0.25) is 0 Å². The van der Waals surface area contributed by atoms with Gasteiger partial charge in [-0.25, -0.2) is 0 Å². The number of hydrogen-bond donors (Lipinski definition) is 2. The van der Waals surface area contributed by atoms with Crippen molar-refractivity contribution in [1.29, 1.82) is 0 Å². The summed E-state index contributed by atoms with van der Waals surface area (Å²) in [5, 5.41) is 14.0. The monoisotopic (exact) mass is 319 g/mol. The first-order valence-corrected chi connectivity index (χ1v) is 7.59. The third-order valence-corrected chi connectivity index (χ3v) is 3.89. The molecule has 0 spiro atoms. The highest BCUT2D eigenvalue weighted by atomic mass is 16.5. The van der Waals surface area contributed by atoms with Crippen molar-refractivity contribution in [3.63, 3.8) is 0 Å². The van der Waals surface area contributed by atoms with E-state index in [0.717, 1.165) is 34.1 Å². The average molecular weight is 319 g/mol. The lowest BCUT2D eigenvalue weighted by atomic mass is 9.96. The summed E-state index contributed by atoms with van der Waals surface area (Å²) in [6, 6.07) is 7.53. The van der Waals surface area contributed by atoms with E-state index in [1.54, 1.807) is 21.1 Å². The molecule has 1 heterocycles. The first kappa shape index (κ1) is 17.4. The van der Waals surface area contributed by atoms with Crippen LogP contribution in [0.1, 0.15) is 29.6 Å². The van der Waals surface area contributed by atoms with E-state index >= 15 is 0 Å². The summed E-state index contributed by atoms with van der Waals surface area (Å²) in [6.45, 7) is 6.47. The number of methoxy groups -OCH3 is 2. The van der Waals surface area contributed by atoms with Gasteiger partial charge in [0.1, 0.15) is 28.6 Å². The van der Waals surface area contributed by atoms with Crippen LogP contribution in [0, 0.1) is 13.8 Å². The van der Waals surface area contributed by atoms with Crippen LogP contribution in [0.25, 0.3) is 0 Å². The molecule has 0 saturated carbocycles. The Morgan fingerprint density at radius 3 is 2.48 bits per heavy atom. The van der Waals surface area contributed by atoms with E-state index in [1.807, 2.05) is 38.1 Å². The largest absolute Gasteiger partial charge is 0.497 e. The molecule has 2 aromatic rings. The summed E-state index contributed by atoms with van der Waals surface area (Å²) in [5.41, 5.74) is 0.774. The van der Waals surface area contributed by atoms with Gasteiger partial charge in [0.15, 0.2) is 0 Å². The number of aryl methyl sites for hydroxylation is 2. The lowest BCUT2D eigenvalue weighted by Crippen LogP contribution is -2.35. The summed E-state index contributed by atoms with van der Waals surface area (Å²) in [5.74, 6) is 3.10. The van der Waals surface area contributed by atoms with Gasteiger partial charge in [0.2, 0.25) is 0 Å². The molecule has 1 atom stereocenters. The lowest BCUT2D eigenvalue weighted by molar-refractivity contribution is 0.0551. The minimum Gasteiger partial charge on any atom is -0.497 e. The van der Waals surface area contributed by atoms with Gasteiger partial charge in [-0.05, 0) is 45.0 Å². The maximum atomic E-state index is 10.7. The van der Waals surface area contributed by atoms with Gasteiger partial charge in [0.05, 0.1) is 14.2 Å². The van der Waals surface area contributed by atoms with Crippen molar-refractivity contribution < 1.29 is 19.0 Å². The second kappa shape index (κ2) is 7.06. The number of hydrogen-bond acceptors (Lipinski definition) is 5. The molecular weight excluding hydrogens is 294 g/mol. The van der Waals surface area contributed by atoms with Crippen LogP contribution in [0.2, 0.25) is 0 Å². The molecule has 0 aliphatic rings. The van der Waals surface area contributed by atoms with Crippen LogP contribution in [-0.2, 0) is 12.1 Å². The second-order valence-corrected chi connectivity index (χ2v) is 5.88. The zero-order chi connectivity index (χ0) is 17.0. The van der Waals surface area contributed by atoms with Crippen molar-refractivity contribution in [2.45, 2.75) is 32.9 Å². The molecule has 0 aliphatic heterocycles. The Bertz CT molecular complexity index is 661. The molecule has 2 rings (SSSR count). The first-order chi connectivity index (χ1) is 10.9. The van der Waals surface area contributed by atoms with Gasteiger partial charge in [-0.2, -0.15) is 0 Å². The predicted octanol–water partition coefficient (Wildman–Crippen LogP) is 2.91. The maximum absolute atomic E-state index is 10.7. The quantitative estimate of drug-likeness (QED) is 0.821. The van der Waals surface area contributed by atoms with Gasteiger partial charge in [0.25, 0.3) is 0 Å². The van der Waals surface area contributed by atoms with Gasteiger partial charge in [-0.15, -0.1) is 0 Å². The van der Waals surface area contributed by atoms with E-state index < -0.39 is 5.60 Å². The molecule has 0 saturated heterocycles. The number of aliphatic hydroxyl groups is 1. The topological polar surface area (TPSA) is 63.9 Å². The molecule has 1 unspecified atom stereocenters. The molecular formula is C18H25NO4. The van der Waals surface area contributed by atoms with Crippen molar-refractivity contribution in [3.05, 3.63) is 46.9 Å². The summed E-state index contributed by atoms with van der Waals surface area (Å²) in [4.78, 5) is 0. The lowest BCUT2D eigenvalue weighted by Gasteiger charge is -2.23. The standard InChI is InChI=1S/C18H25NO4/c1-12-8-16(13(2)23-12)18(3,20)11-19-10-14-9-15(21-4)6-7-17(14)22-5/h6-9,19-20H,10-11H2,1-5H3. The van der Waals surface area contributed by atoms with E-state index in [0.29, 0.717) is 13.1 Å². The molecule has 0 amide bonds. The molecule has 0 radical (unpaired) electrons. The minimum atomic E-state index is -1.01. The summed E-state index contributed by atoms with van der Waals surface area (Å²) < 4.78 is 16.1. The fourth-order valence-corrected chi connectivity index (χ4v) is 2.72. The Morgan fingerprint density at radius 2 is 1.91 bits per heavy atom. The SMILES string of the molecule is COc1ccc(OC)c(CNCC(C)(O)c2cc(C)oc2C)c1. The molecule has 5 nitrogen and oxygen atoms in total. The average Bonchev–Trinajstić information content (AvgIpc) is 2.86. The Morgan fingerprint density at radius 1 is 1.17 bits per heavy atom. The van der Waals surface area contributed by atoms with Gasteiger partial charge in [0, 0.05) is 24.2 Å². The Hall–Kier alpha value is -1.98. The Kier molecular flexibility index (Phi) is 5.34. The summed E-state index contributed by atoms with van der Waals surface area (Å²) >= 11 is 0. The minimum absolute atomic E-state index is 0.396. The molecule has 23 heavy (non-hydrogen) atoms. The number of ether oxygens (including phenoxy) is 2. The van der Waals surface area contributed by atoms with E-state index in [1.165, 1.54) is 0 Å². The highest BCUT2D eigenvalue weighted by Gasteiger charge is 2.27. The van der Waals surface area contributed by atoms with Crippen LogP contribution in [0.5, 0.6) is 11.5 Å². The summed E-state index contributed by atoms with van der Waals surface area (Å²) in [7, 11) is 3.27. The molecule has 2 N–H and O–H groups in total. The molecule has 0 bridgehead atoms. The number of furan rings is 1. The van der Waals surface area contributed by atoms with Crippen molar-refractivity contribution in [1.82, 2.24) is 5.32 Å². The van der Waals surface area contributed by atoms with Crippen molar-refractivity contribution in [2.24, 2.45) is 0 Å². The molecule has 1 aromatic heterocycles. The fraction of sp³-hybridized carbons (Fsp3) is 0.444. The highest BCUT2D eigenvalue weighted by Crippen LogP contribution is 2.27. The van der Waals surface area contributed by atoms with Gasteiger partial charge in [-0.1, -0.05) is 0 Å². The third-order valence-electron chi connectivity index (χ3n) is 3.89. The zero-order valence-corrected chi connectivity index (χ0v) is 14.4. The Balaban J connectivity index is 2.05. The molecule has 0 aliphatic carbocycles. The van der Waals surface area contributed by atoms with Crippen molar-refractivity contribution in [3.8, 4) is 11.5 Å². The smallest absolute Gasteiger partial charge is 0.123 e. The molecule has 1 aromatic carbocycles. The third kappa shape index (κ3) is 4.06. The number of nitrogens with one attached hydrogen (secondary N) is 1. The zero-order valence-electron chi connectivity index (χ0n) is 14.4. The molecule has 0 fully saturated rings. The normalized spacial score (nSPS) is 13.7. The molecule has 126 valence electrons. The predicted molar refractivity (Wildman–Crippen MR) is 89.0 cm³/mol. The maximum Gasteiger partial charge on any atom is 0.123 e. The second-order valence-electron chi connectivity index (χ2n) is 5.88. The number of rotatable bonds is 7. The van der Waals surface area contributed by atoms with Crippen LogP contribution in [0.15, 0.2) is 28.7 Å². The van der Waals surface area contributed by atoms with E-state index in [9.17, 15) is 5.11 Å². The van der Waals surface area contributed by atoms with Crippen LogP contribution in [-0.4, -0.2) is 25.9 Å².